The van der Waals surface area contributed by atoms with E-state index in [0.717, 1.165) is 37.3 Å². The summed E-state index contributed by atoms with van der Waals surface area (Å²) in [5, 5.41) is 13.0. The van der Waals surface area contributed by atoms with Gasteiger partial charge in [0.2, 0.25) is 15.9 Å². The van der Waals surface area contributed by atoms with Gasteiger partial charge in [-0.1, -0.05) is 48.6 Å². The van der Waals surface area contributed by atoms with E-state index in [1.54, 1.807) is 6.08 Å². The summed E-state index contributed by atoms with van der Waals surface area (Å²) in [7, 11) is -1.66. The monoisotopic (exact) mass is 530 g/mol. The van der Waals surface area contributed by atoms with Crippen LogP contribution in [0.15, 0.2) is 66.8 Å². The third kappa shape index (κ3) is 6.67. The number of aromatic hydroxyl groups is 1. The third-order valence-corrected chi connectivity index (χ3v) is 8.13. The molecule has 0 aromatic heterocycles. The van der Waals surface area contributed by atoms with Crippen LogP contribution in [0.1, 0.15) is 12.0 Å². The van der Waals surface area contributed by atoms with Crippen LogP contribution in [0, 0.1) is 0 Å². The number of nitrogens with zero attached hydrogens (tertiary/aromatic N) is 2. The predicted octanol–water partition coefficient (Wildman–Crippen LogP) is 3.34. The van der Waals surface area contributed by atoms with Gasteiger partial charge in [0.1, 0.15) is 10.6 Å². The number of carbonyl (C=O) groups is 1. The largest absolute Gasteiger partial charge is 0.506 e. The van der Waals surface area contributed by atoms with Crippen LogP contribution in [-0.4, -0.2) is 79.6 Å². The molecule has 3 N–H and O–H groups in total. The molecule has 1 heterocycles. The molecule has 1 aliphatic heterocycles. The van der Waals surface area contributed by atoms with E-state index < -0.39 is 20.8 Å². The lowest BCUT2D eigenvalue weighted by atomic mass is 9.91. The van der Waals surface area contributed by atoms with Crippen LogP contribution in [0.3, 0.4) is 0 Å². The molecule has 4 rings (SSSR count). The van der Waals surface area contributed by atoms with Crippen LogP contribution >= 0.6 is 11.6 Å². The minimum atomic E-state index is -3.70. The molecule has 0 radical (unpaired) electrons. The maximum Gasteiger partial charge on any atom is 0.249 e. The van der Waals surface area contributed by atoms with E-state index in [1.807, 2.05) is 49.5 Å². The van der Waals surface area contributed by atoms with E-state index in [9.17, 15) is 18.3 Å². The van der Waals surface area contributed by atoms with Gasteiger partial charge >= 0.3 is 0 Å². The van der Waals surface area contributed by atoms with Crippen molar-refractivity contribution < 1.29 is 18.3 Å². The normalized spacial score (nSPS) is 21.1. The standard InChI is InChI=1S/C26H31ClN4O4S/c1-30-13-15-31(16-14-30)17-18-36(34,35)29-23-19-22(7-8-24(23)32)28-25(33)26(27)11-9-21(10-12-26)20-5-3-2-4-6-20/h2-11,19,29,32H,12-18H2,1H3,(H,28,33). The number of amides is 1. The van der Waals surface area contributed by atoms with Gasteiger partial charge in [-0.2, -0.15) is 0 Å². The number of carbonyl (C=O) groups excluding carboxylic acids is 1. The van der Waals surface area contributed by atoms with Crippen molar-refractivity contribution in [3.8, 4) is 5.75 Å². The van der Waals surface area contributed by atoms with Gasteiger partial charge in [-0.3, -0.25) is 14.4 Å². The van der Waals surface area contributed by atoms with E-state index in [0.29, 0.717) is 18.7 Å². The Morgan fingerprint density at radius 2 is 1.83 bits per heavy atom. The number of hydrogen-bond acceptors (Lipinski definition) is 6. The van der Waals surface area contributed by atoms with Crippen LogP contribution in [0.5, 0.6) is 5.75 Å². The molecule has 2 aliphatic rings. The highest BCUT2D eigenvalue weighted by Crippen LogP contribution is 2.34. The van der Waals surface area contributed by atoms with Crippen LogP contribution in [0.2, 0.25) is 0 Å². The number of rotatable bonds is 8. The number of halogens is 1. The highest BCUT2D eigenvalue weighted by molar-refractivity contribution is 7.92. The highest BCUT2D eigenvalue weighted by Gasteiger charge is 2.34. The molecule has 0 saturated carbocycles. The first-order valence-corrected chi connectivity index (χ1v) is 13.9. The van der Waals surface area contributed by atoms with Gasteiger partial charge in [0.05, 0.1) is 11.4 Å². The summed E-state index contributed by atoms with van der Waals surface area (Å²) < 4.78 is 27.7. The van der Waals surface area contributed by atoms with Crippen molar-refractivity contribution in [1.82, 2.24) is 9.80 Å². The summed E-state index contributed by atoms with van der Waals surface area (Å²) >= 11 is 6.62. The van der Waals surface area contributed by atoms with Gasteiger partial charge < -0.3 is 15.3 Å². The van der Waals surface area contributed by atoms with Crippen molar-refractivity contribution in [2.24, 2.45) is 0 Å². The zero-order valence-corrected chi connectivity index (χ0v) is 21.7. The summed E-state index contributed by atoms with van der Waals surface area (Å²) in [6.07, 6.45) is 5.69. The van der Waals surface area contributed by atoms with Crippen molar-refractivity contribution in [3.63, 3.8) is 0 Å². The SMILES string of the molecule is CN1CCN(CCS(=O)(=O)Nc2cc(NC(=O)C3(Cl)C=CC(c4ccccc4)=CC3)ccc2O)CC1. The molecule has 36 heavy (non-hydrogen) atoms. The average Bonchev–Trinajstić information content (AvgIpc) is 2.86. The molecule has 8 nitrogen and oxygen atoms in total. The number of sulfonamides is 1. The third-order valence-electron chi connectivity index (χ3n) is 6.42. The quantitative estimate of drug-likeness (QED) is 0.275. The topological polar surface area (TPSA) is 102 Å². The fourth-order valence-corrected chi connectivity index (χ4v) is 5.39. The summed E-state index contributed by atoms with van der Waals surface area (Å²) in [6, 6.07) is 14.0. The van der Waals surface area contributed by atoms with Crippen molar-refractivity contribution in [2.75, 3.05) is 55.6 Å². The lowest BCUT2D eigenvalue weighted by Gasteiger charge is -2.32. The second-order valence-electron chi connectivity index (χ2n) is 9.18. The van der Waals surface area contributed by atoms with E-state index in [-0.39, 0.29) is 17.2 Å². The lowest BCUT2D eigenvalue weighted by molar-refractivity contribution is -0.117. The molecule has 1 amide bonds. The van der Waals surface area contributed by atoms with Gasteiger partial charge in [0.15, 0.2) is 0 Å². The molecule has 192 valence electrons. The van der Waals surface area contributed by atoms with Crippen LogP contribution < -0.4 is 10.0 Å². The van der Waals surface area contributed by atoms with Gasteiger partial charge in [-0.25, -0.2) is 8.42 Å². The Kier molecular flexibility index (Phi) is 8.04. The Morgan fingerprint density at radius 3 is 2.50 bits per heavy atom. The second-order valence-corrected chi connectivity index (χ2v) is 11.7. The summed E-state index contributed by atoms with van der Waals surface area (Å²) in [5.41, 5.74) is 2.34. The number of alkyl halides is 1. The highest BCUT2D eigenvalue weighted by atomic mass is 35.5. The first kappa shape index (κ1) is 26.2. The lowest BCUT2D eigenvalue weighted by Crippen LogP contribution is -2.46. The Hall–Kier alpha value is -2.85. The molecule has 2 aromatic rings. The van der Waals surface area contributed by atoms with Crippen LogP contribution in [0.4, 0.5) is 11.4 Å². The Bertz CT molecular complexity index is 1260. The van der Waals surface area contributed by atoms with Gasteiger partial charge in [0.25, 0.3) is 0 Å². The molecule has 10 heteroatoms. The van der Waals surface area contributed by atoms with E-state index in [2.05, 4.69) is 19.8 Å². The summed E-state index contributed by atoms with van der Waals surface area (Å²) in [4.78, 5) is 16.0. The number of phenols is 1. The molecular weight excluding hydrogens is 500 g/mol. The maximum absolute atomic E-state index is 13.0. The Labute approximate surface area is 217 Å². The fourth-order valence-electron chi connectivity index (χ4n) is 4.10. The van der Waals surface area contributed by atoms with E-state index in [4.69, 9.17) is 11.6 Å². The second kappa shape index (κ2) is 11.0. The predicted molar refractivity (Wildman–Crippen MR) is 145 cm³/mol. The smallest absolute Gasteiger partial charge is 0.249 e. The number of anilines is 2. The first-order chi connectivity index (χ1) is 17.1. The molecular formula is C26H31ClN4O4S. The van der Waals surface area contributed by atoms with Gasteiger partial charge in [0, 0.05) is 38.4 Å². The number of benzene rings is 2. The number of nitrogens with one attached hydrogen (secondary N) is 2. The molecule has 2 aromatic carbocycles. The zero-order valence-electron chi connectivity index (χ0n) is 20.2. The van der Waals surface area contributed by atoms with Gasteiger partial charge in [-0.15, -0.1) is 11.6 Å². The molecule has 1 fully saturated rings. The molecule has 1 atom stereocenters. The number of piperazine rings is 1. The average molecular weight is 531 g/mol. The molecule has 0 spiro atoms. The van der Waals surface area contributed by atoms with E-state index in [1.165, 1.54) is 18.2 Å². The Morgan fingerprint density at radius 1 is 1.11 bits per heavy atom. The molecule has 0 bridgehead atoms. The zero-order chi connectivity index (χ0) is 25.8. The number of allylic oxidation sites excluding steroid dienone is 3. The van der Waals surface area contributed by atoms with Crippen molar-refractivity contribution in [3.05, 3.63) is 72.3 Å². The number of likely N-dealkylation sites (N-methyl/N-ethyl adjacent to an activating group) is 1. The molecule has 1 unspecified atom stereocenters. The van der Waals surface area contributed by atoms with Crippen LogP contribution in [-0.2, 0) is 14.8 Å². The molecule has 1 saturated heterocycles. The molecule has 1 aliphatic carbocycles. The van der Waals surface area contributed by atoms with Crippen LogP contribution in [0.25, 0.3) is 5.57 Å². The number of phenolic OH excluding ortho intramolecular Hbond substituents is 1. The van der Waals surface area contributed by atoms with E-state index >= 15 is 0 Å². The fraction of sp³-hybridized carbons (Fsp3) is 0.346. The maximum atomic E-state index is 13.0. The first-order valence-electron chi connectivity index (χ1n) is 11.8. The van der Waals surface area contributed by atoms with Crippen molar-refractivity contribution in [2.45, 2.75) is 11.3 Å². The summed E-state index contributed by atoms with van der Waals surface area (Å²) in [5.74, 6) is -0.776. The van der Waals surface area contributed by atoms with Crippen molar-refractivity contribution >= 4 is 44.5 Å². The minimum absolute atomic E-state index is 0.000228. The van der Waals surface area contributed by atoms with Crippen molar-refractivity contribution in [1.29, 1.82) is 0 Å². The Balaban J connectivity index is 1.37. The minimum Gasteiger partial charge on any atom is -0.506 e. The van der Waals surface area contributed by atoms with Gasteiger partial charge in [-0.05, 0) is 42.8 Å². The number of hydrogen-bond donors (Lipinski definition) is 3. The summed E-state index contributed by atoms with van der Waals surface area (Å²) in [6.45, 7) is 3.83.